The molecule has 0 unspecified atom stereocenters. The molecule has 1 rings (SSSR count). The Labute approximate surface area is 85.9 Å². The van der Waals surface area contributed by atoms with E-state index in [1.54, 1.807) is 0 Å². The number of thiol groups is 1. The molecule has 0 aromatic heterocycles. The Morgan fingerprint density at radius 2 is 2.00 bits per heavy atom. The van der Waals surface area contributed by atoms with Crippen LogP contribution < -0.4 is 5.32 Å². The van der Waals surface area contributed by atoms with Gasteiger partial charge in [-0.25, -0.2) is 0 Å². The standard InChI is InChI=1S/C10H19NOS/c12-10(6-7-13)11-8-9-4-2-1-3-5-9/h9,13H,1-8H2,(H,11,12). The third kappa shape index (κ3) is 4.55. The number of carbonyl (C=O) groups excluding carboxylic acids is 1. The van der Waals surface area contributed by atoms with E-state index >= 15 is 0 Å². The summed E-state index contributed by atoms with van der Waals surface area (Å²) in [5, 5.41) is 2.97. The van der Waals surface area contributed by atoms with Crippen LogP contribution in [0.1, 0.15) is 38.5 Å². The minimum atomic E-state index is 0.153. The summed E-state index contributed by atoms with van der Waals surface area (Å²) in [5.41, 5.74) is 0. The summed E-state index contributed by atoms with van der Waals surface area (Å²) in [6.45, 7) is 0.882. The normalized spacial score (nSPS) is 18.5. The molecule has 0 bridgehead atoms. The third-order valence-electron chi connectivity index (χ3n) is 2.65. The van der Waals surface area contributed by atoms with E-state index < -0.39 is 0 Å². The molecule has 2 nitrogen and oxygen atoms in total. The largest absolute Gasteiger partial charge is 0.356 e. The number of rotatable bonds is 4. The molecule has 1 amide bonds. The molecule has 76 valence electrons. The highest BCUT2D eigenvalue weighted by atomic mass is 32.1. The summed E-state index contributed by atoms with van der Waals surface area (Å²) in [4.78, 5) is 11.1. The van der Waals surface area contributed by atoms with Gasteiger partial charge < -0.3 is 5.32 Å². The summed E-state index contributed by atoms with van der Waals surface area (Å²) in [7, 11) is 0. The molecule has 1 aliphatic rings. The van der Waals surface area contributed by atoms with Crippen molar-refractivity contribution >= 4 is 18.5 Å². The number of carbonyl (C=O) groups is 1. The number of hydrogen-bond acceptors (Lipinski definition) is 2. The second-order valence-corrected chi connectivity index (χ2v) is 4.23. The van der Waals surface area contributed by atoms with Crippen molar-refractivity contribution in [3.63, 3.8) is 0 Å². The first-order valence-electron chi connectivity index (χ1n) is 5.20. The Hall–Kier alpha value is -0.180. The topological polar surface area (TPSA) is 29.1 Å². The fourth-order valence-electron chi connectivity index (χ4n) is 1.84. The van der Waals surface area contributed by atoms with Crippen molar-refractivity contribution in [2.24, 2.45) is 5.92 Å². The van der Waals surface area contributed by atoms with E-state index in [9.17, 15) is 4.79 Å². The summed E-state index contributed by atoms with van der Waals surface area (Å²) >= 11 is 4.02. The molecule has 1 aliphatic carbocycles. The molecule has 0 radical (unpaired) electrons. The van der Waals surface area contributed by atoms with E-state index in [1.165, 1.54) is 32.1 Å². The fraction of sp³-hybridized carbons (Fsp3) is 0.900. The zero-order chi connectivity index (χ0) is 9.52. The maximum atomic E-state index is 11.1. The van der Waals surface area contributed by atoms with Crippen LogP contribution in [0, 0.1) is 5.92 Å². The van der Waals surface area contributed by atoms with Gasteiger partial charge in [-0.2, -0.15) is 12.6 Å². The fourth-order valence-corrected chi connectivity index (χ4v) is 2.04. The molecule has 0 atom stereocenters. The lowest BCUT2D eigenvalue weighted by Gasteiger charge is -2.21. The summed E-state index contributed by atoms with van der Waals surface area (Å²) in [5.74, 6) is 1.54. The molecule has 1 N–H and O–H groups in total. The highest BCUT2D eigenvalue weighted by molar-refractivity contribution is 7.80. The van der Waals surface area contributed by atoms with Crippen LogP contribution in [0.2, 0.25) is 0 Å². The molecule has 1 saturated carbocycles. The first-order valence-corrected chi connectivity index (χ1v) is 5.83. The van der Waals surface area contributed by atoms with Gasteiger partial charge in [0, 0.05) is 13.0 Å². The molecule has 0 aliphatic heterocycles. The first-order chi connectivity index (χ1) is 6.33. The van der Waals surface area contributed by atoms with Crippen molar-refractivity contribution in [2.45, 2.75) is 38.5 Å². The van der Waals surface area contributed by atoms with Crippen molar-refractivity contribution in [3.8, 4) is 0 Å². The van der Waals surface area contributed by atoms with Gasteiger partial charge in [-0.3, -0.25) is 4.79 Å². The number of amides is 1. The molecular weight excluding hydrogens is 182 g/mol. The SMILES string of the molecule is O=C(CCS)NCC1CCCCC1. The monoisotopic (exact) mass is 201 g/mol. The quantitative estimate of drug-likeness (QED) is 0.669. The van der Waals surface area contributed by atoms with Crippen LogP contribution >= 0.6 is 12.6 Å². The van der Waals surface area contributed by atoms with Gasteiger partial charge in [0.1, 0.15) is 0 Å². The lowest BCUT2D eigenvalue weighted by molar-refractivity contribution is -0.120. The van der Waals surface area contributed by atoms with E-state index in [4.69, 9.17) is 0 Å². The zero-order valence-electron chi connectivity index (χ0n) is 8.09. The van der Waals surface area contributed by atoms with Crippen LogP contribution in [0.15, 0.2) is 0 Å². The first kappa shape index (κ1) is 10.9. The van der Waals surface area contributed by atoms with Crippen LogP contribution in [0.4, 0.5) is 0 Å². The third-order valence-corrected chi connectivity index (χ3v) is 2.88. The molecular formula is C10H19NOS. The molecule has 0 spiro atoms. The van der Waals surface area contributed by atoms with Crippen LogP contribution in [0.5, 0.6) is 0 Å². The Bertz CT molecular complexity index is 155. The van der Waals surface area contributed by atoms with E-state index in [0.29, 0.717) is 12.2 Å². The van der Waals surface area contributed by atoms with Crippen LogP contribution in [0.3, 0.4) is 0 Å². The van der Waals surface area contributed by atoms with Crippen molar-refractivity contribution in [1.29, 1.82) is 0 Å². The predicted molar refractivity (Wildman–Crippen MR) is 58.1 cm³/mol. The van der Waals surface area contributed by atoms with Crippen LogP contribution in [-0.2, 0) is 4.79 Å². The molecule has 0 heterocycles. The minimum absolute atomic E-state index is 0.153. The zero-order valence-corrected chi connectivity index (χ0v) is 8.98. The van der Waals surface area contributed by atoms with E-state index in [0.717, 1.165) is 12.5 Å². The Morgan fingerprint density at radius 3 is 2.62 bits per heavy atom. The Morgan fingerprint density at radius 1 is 1.31 bits per heavy atom. The average molecular weight is 201 g/mol. The van der Waals surface area contributed by atoms with Crippen LogP contribution in [-0.4, -0.2) is 18.2 Å². The van der Waals surface area contributed by atoms with Crippen molar-refractivity contribution in [3.05, 3.63) is 0 Å². The number of hydrogen-bond donors (Lipinski definition) is 2. The summed E-state index contributed by atoms with van der Waals surface area (Å²) < 4.78 is 0. The van der Waals surface area contributed by atoms with Crippen molar-refractivity contribution < 1.29 is 4.79 Å². The highest BCUT2D eigenvalue weighted by Gasteiger charge is 2.13. The lowest BCUT2D eigenvalue weighted by atomic mass is 9.89. The smallest absolute Gasteiger partial charge is 0.220 e. The molecule has 0 saturated heterocycles. The molecule has 3 heteroatoms. The van der Waals surface area contributed by atoms with Gasteiger partial charge in [-0.05, 0) is 24.5 Å². The lowest BCUT2D eigenvalue weighted by Crippen LogP contribution is -2.30. The highest BCUT2D eigenvalue weighted by Crippen LogP contribution is 2.22. The molecule has 0 aromatic rings. The van der Waals surface area contributed by atoms with Gasteiger partial charge in [0.05, 0.1) is 0 Å². The molecule has 1 fully saturated rings. The van der Waals surface area contributed by atoms with E-state index in [-0.39, 0.29) is 5.91 Å². The average Bonchev–Trinajstić information content (AvgIpc) is 2.17. The molecule has 13 heavy (non-hydrogen) atoms. The van der Waals surface area contributed by atoms with Crippen LogP contribution in [0.25, 0.3) is 0 Å². The summed E-state index contributed by atoms with van der Waals surface area (Å²) in [6.07, 6.45) is 7.19. The Kier molecular flexibility index (Phi) is 5.28. The van der Waals surface area contributed by atoms with E-state index in [2.05, 4.69) is 17.9 Å². The second-order valence-electron chi connectivity index (χ2n) is 3.78. The van der Waals surface area contributed by atoms with Crippen molar-refractivity contribution in [1.82, 2.24) is 5.32 Å². The van der Waals surface area contributed by atoms with Gasteiger partial charge in [-0.15, -0.1) is 0 Å². The van der Waals surface area contributed by atoms with Gasteiger partial charge in [0.25, 0.3) is 0 Å². The van der Waals surface area contributed by atoms with Gasteiger partial charge >= 0.3 is 0 Å². The van der Waals surface area contributed by atoms with Gasteiger partial charge in [0.15, 0.2) is 0 Å². The predicted octanol–water partition coefficient (Wildman–Crippen LogP) is 2.00. The van der Waals surface area contributed by atoms with Gasteiger partial charge in [0.2, 0.25) is 5.91 Å². The number of nitrogens with one attached hydrogen (secondary N) is 1. The second kappa shape index (κ2) is 6.30. The van der Waals surface area contributed by atoms with E-state index in [1.807, 2.05) is 0 Å². The minimum Gasteiger partial charge on any atom is -0.356 e. The summed E-state index contributed by atoms with van der Waals surface area (Å²) in [6, 6.07) is 0. The maximum absolute atomic E-state index is 11.1. The van der Waals surface area contributed by atoms with Gasteiger partial charge in [-0.1, -0.05) is 19.3 Å². The molecule has 0 aromatic carbocycles. The maximum Gasteiger partial charge on any atom is 0.220 e. The van der Waals surface area contributed by atoms with Crippen molar-refractivity contribution in [2.75, 3.05) is 12.3 Å². The Balaban J connectivity index is 2.06.